The quantitative estimate of drug-likeness (QED) is 0.727. The Bertz CT molecular complexity index is 363. The monoisotopic (exact) mass is 218 g/mol. The molecule has 1 rings (SSSR count). The van der Waals surface area contributed by atoms with E-state index in [1.807, 2.05) is 0 Å². The van der Waals surface area contributed by atoms with Crippen LogP contribution in [0.5, 0.6) is 0 Å². The van der Waals surface area contributed by atoms with Gasteiger partial charge in [-0.2, -0.15) is 8.78 Å². The van der Waals surface area contributed by atoms with Crippen LogP contribution in [0.3, 0.4) is 0 Å². The summed E-state index contributed by atoms with van der Waals surface area (Å²) in [5, 5.41) is 0. The summed E-state index contributed by atoms with van der Waals surface area (Å²) in [4.78, 5) is 10.7. The highest BCUT2D eigenvalue weighted by Crippen LogP contribution is 2.21. The Morgan fingerprint density at radius 1 is 1.47 bits per heavy atom. The third-order valence-corrected chi connectivity index (χ3v) is 1.80. The van der Waals surface area contributed by atoms with Gasteiger partial charge in [0, 0.05) is 6.42 Å². The topological polar surface area (TPSA) is 26.3 Å². The van der Waals surface area contributed by atoms with Crippen LogP contribution in [0.1, 0.15) is 5.56 Å². The van der Waals surface area contributed by atoms with E-state index in [0.717, 1.165) is 19.2 Å². The van der Waals surface area contributed by atoms with E-state index in [1.54, 1.807) is 0 Å². The summed E-state index contributed by atoms with van der Waals surface area (Å²) in [5.41, 5.74) is 0.0467. The third kappa shape index (κ3) is 2.97. The Labute approximate surface area is 84.7 Å². The van der Waals surface area contributed by atoms with Crippen molar-refractivity contribution < 1.29 is 22.7 Å². The summed E-state index contributed by atoms with van der Waals surface area (Å²) in [6, 6.07) is 4.72. The largest absolute Gasteiger partial charge is 0.465 e. The highest BCUT2D eigenvalue weighted by atomic mass is 19.3. The normalized spacial score (nSPS) is 11.2. The molecule has 0 radical (unpaired) electrons. The van der Waals surface area contributed by atoms with E-state index in [4.69, 9.17) is 0 Å². The van der Waals surface area contributed by atoms with Gasteiger partial charge in [0.05, 0.1) is 7.11 Å². The van der Waals surface area contributed by atoms with Gasteiger partial charge in [0.2, 0.25) is 0 Å². The number of carbonyl (C=O) groups excluding carboxylic acids is 1. The molecule has 15 heavy (non-hydrogen) atoms. The van der Waals surface area contributed by atoms with Gasteiger partial charge in [-0.3, -0.25) is 0 Å². The van der Waals surface area contributed by atoms with E-state index in [0.29, 0.717) is 0 Å². The van der Waals surface area contributed by atoms with E-state index < -0.39 is 24.1 Å². The Hall–Kier alpha value is -1.52. The summed E-state index contributed by atoms with van der Waals surface area (Å²) < 4.78 is 42.7. The van der Waals surface area contributed by atoms with Gasteiger partial charge >= 0.3 is 11.9 Å². The van der Waals surface area contributed by atoms with Crippen LogP contribution in [0.25, 0.3) is 0 Å². The third-order valence-electron chi connectivity index (χ3n) is 1.80. The number of alkyl halides is 2. The molecule has 2 nitrogen and oxygen atoms in total. The summed E-state index contributed by atoms with van der Waals surface area (Å²) in [6.45, 7) is 0. The van der Waals surface area contributed by atoms with E-state index in [9.17, 15) is 18.0 Å². The Kier molecular flexibility index (Phi) is 3.34. The molecule has 0 aromatic heterocycles. The molecule has 0 saturated carbocycles. The highest BCUT2D eigenvalue weighted by Gasteiger charge is 2.40. The first kappa shape index (κ1) is 11.6. The average molecular weight is 218 g/mol. The second-order valence-corrected chi connectivity index (χ2v) is 3.00. The molecule has 82 valence electrons. The lowest BCUT2D eigenvalue weighted by molar-refractivity contribution is -0.168. The van der Waals surface area contributed by atoms with Crippen LogP contribution < -0.4 is 0 Å². The fourth-order valence-electron chi connectivity index (χ4n) is 1.12. The predicted octanol–water partition coefficient (Wildman–Crippen LogP) is 2.18. The molecule has 0 atom stereocenters. The molecule has 0 aliphatic carbocycles. The van der Waals surface area contributed by atoms with E-state index >= 15 is 0 Å². The van der Waals surface area contributed by atoms with E-state index in [-0.39, 0.29) is 5.56 Å². The molecule has 0 spiro atoms. The van der Waals surface area contributed by atoms with Crippen molar-refractivity contribution in [3.63, 3.8) is 0 Å². The lowest BCUT2D eigenvalue weighted by atomic mass is 10.1. The molecular formula is C10H9F3O2. The van der Waals surface area contributed by atoms with Crippen molar-refractivity contribution in [3.8, 4) is 0 Å². The zero-order chi connectivity index (χ0) is 11.5. The molecule has 0 unspecified atom stereocenters. The lowest BCUT2D eigenvalue weighted by Gasteiger charge is -2.13. The molecule has 0 saturated heterocycles. The number of hydrogen-bond acceptors (Lipinski definition) is 2. The van der Waals surface area contributed by atoms with Crippen molar-refractivity contribution in [2.24, 2.45) is 0 Å². The van der Waals surface area contributed by atoms with Crippen molar-refractivity contribution in [2.45, 2.75) is 12.3 Å². The minimum atomic E-state index is -3.62. The molecule has 0 heterocycles. The fourth-order valence-corrected chi connectivity index (χ4v) is 1.12. The number of rotatable bonds is 3. The molecular weight excluding hydrogens is 209 g/mol. The van der Waals surface area contributed by atoms with Crippen molar-refractivity contribution >= 4 is 5.97 Å². The number of methoxy groups -OCH3 is 1. The Balaban J connectivity index is 2.81. The first-order valence-corrected chi connectivity index (χ1v) is 4.16. The summed E-state index contributed by atoms with van der Waals surface area (Å²) >= 11 is 0. The van der Waals surface area contributed by atoms with Crippen LogP contribution in [0, 0.1) is 5.82 Å². The smallest absolute Gasteiger partial charge is 0.377 e. The van der Waals surface area contributed by atoms with Gasteiger partial charge in [0.15, 0.2) is 0 Å². The van der Waals surface area contributed by atoms with Crippen molar-refractivity contribution in [1.82, 2.24) is 0 Å². The number of ether oxygens (including phenoxy) is 1. The summed E-state index contributed by atoms with van der Waals surface area (Å²) in [7, 11) is 0.877. The lowest BCUT2D eigenvalue weighted by Crippen LogP contribution is -2.32. The van der Waals surface area contributed by atoms with Gasteiger partial charge in [-0.15, -0.1) is 0 Å². The zero-order valence-electron chi connectivity index (χ0n) is 7.97. The maximum absolute atomic E-state index is 13.0. The number of benzene rings is 1. The van der Waals surface area contributed by atoms with Crippen LogP contribution in [-0.4, -0.2) is 19.0 Å². The Morgan fingerprint density at radius 2 is 2.13 bits per heavy atom. The first-order valence-electron chi connectivity index (χ1n) is 4.16. The van der Waals surface area contributed by atoms with Crippen LogP contribution >= 0.6 is 0 Å². The molecule has 0 aliphatic rings. The van der Waals surface area contributed by atoms with Gasteiger partial charge < -0.3 is 4.74 Å². The van der Waals surface area contributed by atoms with E-state index in [1.165, 1.54) is 12.1 Å². The molecule has 5 heteroatoms. The number of carbonyl (C=O) groups is 1. The number of esters is 1. The second-order valence-electron chi connectivity index (χ2n) is 3.00. The van der Waals surface area contributed by atoms with Crippen LogP contribution in [0.2, 0.25) is 0 Å². The predicted molar refractivity (Wildman–Crippen MR) is 47.1 cm³/mol. The second kappa shape index (κ2) is 4.33. The van der Waals surface area contributed by atoms with Gasteiger partial charge in [-0.1, -0.05) is 12.1 Å². The molecule has 0 aliphatic heterocycles. The minimum Gasteiger partial charge on any atom is -0.465 e. The molecule has 0 bridgehead atoms. The maximum Gasteiger partial charge on any atom is 0.377 e. The summed E-state index contributed by atoms with van der Waals surface area (Å²) in [6.07, 6.45) is -0.864. The summed E-state index contributed by atoms with van der Waals surface area (Å²) in [5.74, 6) is -5.86. The van der Waals surface area contributed by atoms with Crippen molar-refractivity contribution in [2.75, 3.05) is 7.11 Å². The SMILES string of the molecule is COC(=O)C(F)(F)Cc1cccc(F)c1. The average Bonchev–Trinajstić information content (AvgIpc) is 2.15. The zero-order valence-corrected chi connectivity index (χ0v) is 7.97. The standard InChI is InChI=1S/C10H9F3O2/c1-15-9(14)10(12,13)6-7-3-2-4-8(11)5-7/h2-5H,6H2,1H3. The van der Waals surface area contributed by atoms with Crippen molar-refractivity contribution in [3.05, 3.63) is 35.6 Å². The van der Waals surface area contributed by atoms with Crippen LogP contribution in [0.4, 0.5) is 13.2 Å². The number of hydrogen-bond donors (Lipinski definition) is 0. The van der Waals surface area contributed by atoms with Crippen LogP contribution in [-0.2, 0) is 16.0 Å². The number of halogens is 3. The Morgan fingerprint density at radius 3 is 2.67 bits per heavy atom. The van der Waals surface area contributed by atoms with Gasteiger partial charge in [0.1, 0.15) is 5.82 Å². The van der Waals surface area contributed by atoms with Gasteiger partial charge in [-0.05, 0) is 17.7 Å². The maximum atomic E-state index is 13.0. The molecule has 0 amide bonds. The minimum absolute atomic E-state index is 0.0467. The molecule has 0 N–H and O–H groups in total. The molecule has 0 fully saturated rings. The first-order chi connectivity index (χ1) is 6.95. The van der Waals surface area contributed by atoms with Gasteiger partial charge in [-0.25, -0.2) is 9.18 Å². The fraction of sp³-hybridized carbons (Fsp3) is 0.300. The highest BCUT2D eigenvalue weighted by molar-refractivity contribution is 5.77. The molecule has 1 aromatic carbocycles. The van der Waals surface area contributed by atoms with Crippen molar-refractivity contribution in [1.29, 1.82) is 0 Å². The van der Waals surface area contributed by atoms with Gasteiger partial charge in [0.25, 0.3) is 0 Å². The van der Waals surface area contributed by atoms with E-state index in [2.05, 4.69) is 4.74 Å². The molecule has 1 aromatic rings. The van der Waals surface area contributed by atoms with Crippen LogP contribution in [0.15, 0.2) is 24.3 Å².